The van der Waals surface area contributed by atoms with E-state index < -0.39 is 0 Å². The molecular weight excluding hydrogens is 208 g/mol. The predicted octanol–water partition coefficient (Wildman–Crippen LogP) is 2.22. The van der Waals surface area contributed by atoms with E-state index in [2.05, 4.69) is 11.9 Å². The summed E-state index contributed by atoms with van der Waals surface area (Å²) in [6.07, 6.45) is 1.34. The molecule has 0 saturated carbocycles. The number of pyridine rings is 1. The first kappa shape index (κ1) is 10.5. The van der Waals surface area contributed by atoms with Crippen LogP contribution < -0.4 is 0 Å². The van der Waals surface area contributed by atoms with E-state index in [1.54, 1.807) is 17.8 Å². The molecule has 0 aliphatic carbocycles. The SMILES string of the molecule is CC1OCCC1Sc1cccc(C#N)n1. The smallest absolute Gasteiger partial charge is 0.141 e. The summed E-state index contributed by atoms with van der Waals surface area (Å²) < 4.78 is 5.48. The van der Waals surface area contributed by atoms with Gasteiger partial charge >= 0.3 is 0 Å². The number of aromatic nitrogens is 1. The molecule has 2 unspecified atom stereocenters. The third-order valence-electron chi connectivity index (χ3n) is 2.42. The summed E-state index contributed by atoms with van der Waals surface area (Å²) in [5.41, 5.74) is 0.478. The minimum Gasteiger partial charge on any atom is -0.377 e. The molecular formula is C11H12N2OS. The van der Waals surface area contributed by atoms with Gasteiger partial charge in [0.2, 0.25) is 0 Å². The molecule has 15 heavy (non-hydrogen) atoms. The first-order valence-electron chi connectivity index (χ1n) is 4.95. The lowest BCUT2D eigenvalue weighted by Crippen LogP contribution is -2.13. The monoisotopic (exact) mass is 220 g/mol. The molecule has 1 aromatic rings. The lowest BCUT2D eigenvalue weighted by molar-refractivity contribution is 0.127. The van der Waals surface area contributed by atoms with Crippen LogP contribution in [0.4, 0.5) is 0 Å². The zero-order valence-electron chi connectivity index (χ0n) is 8.51. The summed E-state index contributed by atoms with van der Waals surface area (Å²) in [7, 11) is 0. The Balaban J connectivity index is 2.07. The number of hydrogen-bond acceptors (Lipinski definition) is 4. The molecule has 0 N–H and O–H groups in total. The fraction of sp³-hybridized carbons (Fsp3) is 0.455. The Kier molecular flexibility index (Phi) is 3.24. The van der Waals surface area contributed by atoms with Gasteiger partial charge in [-0.2, -0.15) is 5.26 Å². The highest BCUT2D eigenvalue weighted by atomic mass is 32.2. The highest BCUT2D eigenvalue weighted by Gasteiger charge is 2.25. The summed E-state index contributed by atoms with van der Waals surface area (Å²) >= 11 is 1.70. The van der Waals surface area contributed by atoms with Crippen LogP contribution in [0.1, 0.15) is 19.0 Å². The maximum Gasteiger partial charge on any atom is 0.141 e. The van der Waals surface area contributed by atoms with Crippen molar-refractivity contribution in [2.75, 3.05) is 6.61 Å². The number of nitrogens with zero attached hydrogens (tertiary/aromatic N) is 2. The van der Waals surface area contributed by atoms with Gasteiger partial charge in [0.1, 0.15) is 11.8 Å². The first-order valence-corrected chi connectivity index (χ1v) is 5.83. The average Bonchev–Trinajstić information content (AvgIpc) is 2.65. The molecule has 1 aromatic heterocycles. The van der Waals surface area contributed by atoms with Crippen molar-refractivity contribution in [1.82, 2.24) is 4.98 Å². The number of rotatable bonds is 2. The summed E-state index contributed by atoms with van der Waals surface area (Å²) in [6, 6.07) is 7.58. The van der Waals surface area contributed by atoms with Crippen LogP contribution in [0.15, 0.2) is 23.2 Å². The fourth-order valence-electron chi connectivity index (χ4n) is 1.56. The van der Waals surface area contributed by atoms with E-state index in [0.717, 1.165) is 18.1 Å². The van der Waals surface area contributed by atoms with E-state index in [9.17, 15) is 0 Å². The van der Waals surface area contributed by atoms with Crippen molar-refractivity contribution >= 4 is 11.8 Å². The van der Waals surface area contributed by atoms with Crippen LogP contribution in [-0.2, 0) is 4.74 Å². The standard InChI is InChI=1S/C11H12N2OS/c1-8-10(5-6-14-8)15-11-4-2-3-9(7-12)13-11/h2-4,8,10H,5-6H2,1H3. The molecule has 0 radical (unpaired) electrons. The van der Waals surface area contributed by atoms with Crippen molar-refractivity contribution in [3.05, 3.63) is 23.9 Å². The number of nitriles is 1. The third kappa shape index (κ3) is 2.49. The van der Waals surface area contributed by atoms with E-state index in [0.29, 0.717) is 10.9 Å². The number of ether oxygens (including phenoxy) is 1. The van der Waals surface area contributed by atoms with Crippen molar-refractivity contribution in [1.29, 1.82) is 5.26 Å². The van der Waals surface area contributed by atoms with Crippen LogP contribution in [0.2, 0.25) is 0 Å². The zero-order valence-corrected chi connectivity index (χ0v) is 9.33. The second-order valence-electron chi connectivity index (χ2n) is 3.49. The number of thioether (sulfide) groups is 1. The minimum atomic E-state index is 0.280. The van der Waals surface area contributed by atoms with Crippen molar-refractivity contribution in [2.45, 2.75) is 29.7 Å². The molecule has 4 heteroatoms. The molecule has 78 valence electrons. The quantitative estimate of drug-likeness (QED) is 0.766. The van der Waals surface area contributed by atoms with E-state index >= 15 is 0 Å². The normalized spacial score (nSPS) is 25.1. The van der Waals surface area contributed by atoms with Gasteiger partial charge in [0, 0.05) is 11.9 Å². The second kappa shape index (κ2) is 4.65. The van der Waals surface area contributed by atoms with E-state index in [1.807, 2.05) is 18.2 Å². The zero-order chi connectivity index (χ0) is 10.7. The van der Waals surface area contributed by atoms with Crippen molar-refractivity contribution in [3.8, 4) is 6.07 Å². The molecule has 1 saturated heterocycles. The van der Waals surface area contributed by atoms with Crippen molar-refractivity contribution in [2.24, 2.45) is 0 Å². The molecule has 0 aromatic carbocycles. The molecule has 1 aliphatic heterocycles. The largest absolute Gasteiger partial charge is 0.377 e. The fourth-order valence-corrected chi connectivity index (χ4v) is 2.67. The van der Waals surface area contributed by atoms with Gasteiger partial charge in [-0.3, -0.25) is 0 Å². The van der Waals surface area contributed by atoms with Crippen LogP contribution in [0.5, 0.6) is 0 Å². The van der Waals surface area contributed by atoms with Crippen LogP contribution in [-0.4, -0.2) is 22.9 Å². The maximum atomic E-state index is 8.73. The van der Waals surface area contributed by atoms with Gasteiger partial charge in [-0.15, -0.1) is 11.8 Å². The highest BCUT2D eigenvalue weighted by molar-refractivity contribution is 7.99. The Morgan fingerprint density at radius 2 is 2.47 bits per heavy atom. The summed E-state index contributed by atoms with van der Waals surface area (Å²) in [5.74, 6) is 0. The molecule has 2 heterocycles. The topological polar surface area (TPSA) is 45.9 Å². The van der Waals surface area contributed by atoms with Gasteiger partial charge in [0.15, 0.2) is 0 Å². The molecule has 1 aliphatic rings. The molecule has 2 atom stereocenters. The Morgan fingerprint density at radius 3 is 3.13 bits per heavy atom. The van der Waals surface area contributed by atoms with Gasteiger partial charge < -0.3 is 4.74 Å². The lowest BCUT2D eigenvalue weighted by Gasteiger charge is -2.12. The summed E-state index contributed by atoms with van der Waals surface area (Å²) in [4.78, 5) is 4.24. The van der Waals surface area contributed by atoms with Gasteiger partial charge in [0.05, 0.1) is 11.1 Å². The molecule has 3 nitrogen and oxygen atoms in total. The Hall–Kier alpha value is -1.05. The van der Waals surface area contributed by atoms with Crippen molar-refractivity contribution < 1.29 is 4.74 Å². The van der Waals surface area contributed by atoms with Crippen LogP contribution >= 0.6 is 11.8 Å². The Bertz CT molecular complexity index is 388. The van der Waals surface area contributed by atoms with Crippen LogP contribution in [0, 0.1) is 11.3 Å². The van der Waals surface area contributed by atoms with E-state index in [-0.39, 0.29) is 6.10 Å². The summed E-state index contributed by atoms with van der Waals surface area (Å²) in [5, 5.41) is 10.1. The van der Waals surface area contributed by atoms with Gasteiger partial charge in [0.25, 0.3) is 0 Å². The minimum absolute atomic E-state index is 0.280. The maximum absolute atomic E-state index is 8.73. The summed E-state index contributed by atoms with van der Waals surface area (Å²) in [6.45, 7) is 2.91. The Morgan fingerprint density at radius 1 is 1.60 bits per heavy atom. The van der Waals surface area contributed by atoms with Gasteiger partial charge in [-0.05, 0) is 25.5 Å². The average molecular weight is 220 g/mol. The van der Waals surface area contributed by atoms with Crippen molar-refractivity contribution in [3.63, 3.8) is 0 Å². The second-order valence-corrected chi connectivity index (χ2v) is 4.75. The highest BCUT2D eigenvalue weighted by Crippen LogP contribution is 2.31. The first-order chi connectivity index (χ1) is 7.29. The molecule has 0 amide bonds. The van der Waals surface area contributed by atoms with E-state index in [4.69, 9.17) is 10.00 Å². The van der Waals surface area contributed by atoms with E-state index in [1.165, 1.54) is 0 Å². The van der Waals surface area contributed by atoms with Crippen LogP contribution in [0.3, 0.4) is 0 Å². The predicted molar refractivity (Wildman–Crippen MR) is 58.6 cm³/mol. The molecule has 0 bridgehead atoms. The third-order valence-corrected chi connectivity index (χ3v) is 3.81. The molecule has 0 spiro atoms. The lowest BCUT2D eigenvalue weighted by atomic mass is 10.3. The van der Waals surface area contributed by atoms with Gasteiger partial charge in [-0.25, -0.2) is 4.98 Å². The molecule has 1 fully saturated rings. The Labute approximate surface area is 93.5 Å². The van der Waals surface area contributed by atoms with Crippen LogP contribution in [0.25, 0.3) is 0 Å². The molecule has 2 rings (SSSR count). The van der Waals surface area contributed by atoms with Gasteiger partial charge in [-0.1, -0.05) is 6.07 Å². The number of hydrogen-bond donors (Lipinski definition) is 0.